The highest BCUT2D eigenvalue weighted by molar-refractivity contribution is 6.01. The number of hydrogen-bond acceptors (Lipinski definition) is 5. The molecular formula is C27H39NO4. The second-order valence-electron chi connectivity index (χ2n) is 9.88. The van der Waals surface area contributed by atoms with Crippen molar-refractivity contribution in [1.29, 1.82) is 0 Å². The van der Waals surface area contributed by atoms with Crippen LogP contribution in [0.1, 0.15) is 72.6 Å². The molecule has 5 nitrogen and oxygen atoms in total. The van der Waals surface area contributed by atoms with E-state index < -0.39 is 0 Å². The summed E-state index contributed by atoms with van der Waals surface area (Å²) >= 11 is 0. The first-order chi connectivity index (χ1) is 15.3. The van der Waals surface area contributed by atoms with Gasteiger partial charge in [0.1, 0.15) is 6.61 Å². The van der Waals surface area contributed by atoms with Gasteiger partial charge in [0, 0.05) is 17.8 Å². The topological polar surface area (TPSA) is 86.5 Å². The van der Waals surface area contributed by atoms with E-state index in [1.807, 2.05) is 19.9 Å². The molecule has 0 radical (unpaired) electrons. The van der Waals surface area contributed by atoms with Crippen LogP contribution in [0.3, 0.4) is 0 Å². The van der Waals surface area contributed by atoms with Crippen molar-refractivity contribution < 1.29 is 19.1 Å². The lowest BCUT2D eigenvalue weighted by Crippen LogP contribution is -2.45. The Kier molecular flexibility index (Phi) is 7.59. The minimum absolute atomic E-state index is 0.0590. The molecule has 0 saturated heterocycles. The maximum Gasteiger partial charge on any atom is 0.306 e. The zero-order valence-corrected chi connectivity index (χ0v) is 20.1. The maximum absolute atomic E-state index is 13.0. The number of esters is 1. The Labute approximate surface area is 192 Å². The molecule has 4 rings (SSSR count). The Morgan fingerprint density at radius 3 is 2.66 bits per heavy atom. The predicted molar refractivity (Wildman–Crippen MR) is 126 cm³/mol. The summed E-state index contributed by atoms with van der Waals surface area (Å²) < 4.78 is 5.24. The van der Waals surface area contributed by atoms with Gasteiger partial charge in [0.25, 0.3) is 0 Å². The summed E-state index contributed by atoms with van der Waals surface area (Å²) in [5, 5.41) is 0. The van der Waals surface area contributed by atoms with Crippen LogP contribution in [0.5, 0.6) is 0 Å². The van der Waals surface area contributed by atoms with Gasteiger partial charge in [0.2, 0.25) is 0 Å². The summed E-state index contributed by atoms with van der Waals surface area (Å²) in [5.74, 6) is 0.671. The van der Waals surface area contributed by atoms with Crippen LogP contribution in [-0.2, 0) is 19.1 Å². The second-order valence-corrected chi connectivity index (χ2v) is 9.88. The quantitative estimate of drug-likeness (QED) is 0.477. The summed E-state index contributed by atoms with van der Waals surface area (Å²) in [7, 11) is 0. The molecule has 0 heterocycles. The van der Waals surface area contributed by atoms with Crippen molar-refractivity contribution in [1.82, 2.24) is 0 Å². The van der Waals surface area contributed by atoms with E-state index >= 15 is 0 Å². The number of Topliss-reactive ketones (excluding diaryl/α,β-unsaturated/α-hetero) is 1. The number of ether oxygens (including phenoxy) is 1. The van der Waals surface area contributed by atoms with Gasteiger partial charge in [-0.3, -0.25) is 14.4 Å². The highest BCUT2D eigenvalue weighted by Gasteiger charge is 2.56. The lowest BCUT2D eigenvalue weighted by Gasteiger charge is -2.52. The fourth-order valence-corrected chi connectivity index (χ4v) is 6.62. The molecule has 0 spiro atoms. The third kappa shape index (κ3) is 4.28. The number of carbonyl (C=O) groups excluding carboxylic acids is 3. The molecule has 176 valence electrons. The second kappa shape index (κ2) is 9.86. The van der Waals surface area contributed by atoms with Crippen molar-refractivity contribution in [2.24, 2.45) is 34.3 Å². The number of fused-ring (bicyclic) bond motifs is 5. The first-order valence-electron chi connectivity index (χ1n) is 12.3. The third-order valence-corrected chi connectivity index (χ3v) is 8.29. The van der Waals surface area contributed by atoms with E-state index in [-0.39, 0.29) is 47.3 Å². The first kappa shape index (κ1) is 24.6. The SMILES string of the molecule is CC.CC12C=CC(=O)C=C1CCC1C2=CCC2(C)C(C(=O)COC(=O)CCCN)CCC12. The van der Waals surface area contributed by atoms with Gasteiger partial charge in [-0.2, -0.15) is 0 Å². The third-order valence-electron chi connectivity index (χ3n) is 8.29. The van der Waals surface area contributed by atoms with E-state index in [1.54, 1.807) is 6.08 Å². The maximum atomic E-state index is 13.0. The van der Waals surface area contributed by atoms with Crippen LogP contribution in [0.4, 0.5) is 0 Å². The normalized spacial score (nSPS) is 34.8. The van der Waals surface area contributed by atoms with E-state index in [0.717, 1.165) is 32.1 Å². The van der Waals surface area contributed by atoms with E-state index in [2.05, 4.69) is 26.0 Å². The number of hydrogen-bond donors (Lipinski definition) is 1. The van der Waals surface area contributed by atoms with Crippen LogP contribution in [0.15, 0.2) is 35.5 Å². The van der Waals surface area contributed by atoms with Gasteiger partial charge < -0.3 is 10.5 Å². The molecule has 32 heavy (non-hydrogen) atoms. The average Bonchev–Trinajstić information content (AvgIpc) is 3.15. The van der Waals surface area contributed by atoms with Gasteiger partial charge >= 0.3 is 5.97 Å². The van der Waals surface area contributed by atoms with E-state index in [9.17, 15) is 14.4 Å². The zero-order valence-electron chi connectivity index (χ0n) is 20.1. The lowest BCUT2D eigenvalue weighted by molar-refractivity contribution is -0.150. The number of rotatable bonds is 6. The van der Waals surface area contributed by atoms with Crippen LogP contribution >= 0.6 is 0 Å². The van der Waals surface area contributed by atoms with Crippen molar-refractivity contribution in [2.75, 3.05) is 13.2 Å². The van der Waals surface area contributed by atoms with Gasteiger partial charge in [-0.15, -0.1) is 0 Å². The van der Waals surface area contributed by atoms with Crippen molar-refractivity contribution in [2.45, 2.75) is 72.6 Å². The summed E-state index contributed by atoms with van der Waals surface area (Å²) in [6.07, 6.45) is 13.6. The molecular weight excluding hydrogens is 402 g/mol. The minimum Gasteiger partial charge on any atom is -0.458 e. The Bertz CT molecular complexity index is 854. The van der Waals surface area contributed by atoms with Crippen molar-refractivity contribution in [3.63, 3.8) is 0 Å². The largest absolute Gasteiger partial charge is 0.458 e. The van der Waals surface area contributed by atoms with Crippen LogP contribution < -0.4 is 5.73 Å². The highest BCUT2D eigenvalue weighted by atomic mass is 16.5. The van der Waals surface area contributed by atoms with Gasteiger partial charge in [0.15, 0.2) is 11.6 Å². The molecule has 2 N–H and O–H groups in total. The Balaban J connectivity index is 0.00000141. The average molecular weight is 442 g/mol. The molecule has 0 aliphatic heterocycles. The standard InChI is InChI=1S/C25H33NO4.C2H6/c1-24-11-9-17(27)14-16(24)5-6-18-19-7-8-21(25(19,2)12-10-20(18)24)22(28)15-30-23(29)4-3-13-26;1-2/h9-11,14,18-19,21H,3-8,12-13,15,26H2,1-2H3;1-2H3. The van der Waals surface area contributed by atoms with E-state index in [4.69, 9.17) is 10.5 Å². The molecule has 0 amide bonds. The molecule has 4 aliphatic carbocycles. The van der Waals surface area contributed by atoms with Crippen LogP contribution in [-0.4, -0.2) is 30.7 Å². The van der Waals surface area contributed by atoms with Gasteiger partial charge in [0.05, 0.1) is 0 Å². The molecule has 4 aliphatic rings. The fraction of sp³-hybridized carbons (Fsp3) is 0.667. The molecule has 5 unspecified atom stereocenters. The molecule has 2 saturated carbocycles. The highest BCUT2D eigenvalue weighted by Crippen LogP contribution is 2.63. The predicted octanol–water partition coefficient (Wildman–Crippen LogP) is 4.71. The van der Waals surface area contributed by atoms with Crippen LogP contribution in [0.2, 0.25) is 0 Å². The number of carbonyl (C=O) groups is 3. The molecule has 5 atom stereocenters. The molecule has 5 heteroatoms. The lowest BCUT2D eigenvalue weighted by atomic mass is 9.52. The first-order valence-corrected chi connectivity index (χ1v) is 12.3. The Morgan fingerprint density at radius 2 is 1.94 bits per heavy atom. The van der Waals surface area contributed by atoms with Crippen LogP contribution in [0.25, 0.3) is 0 Å². The molecule has 0 aromatic heterocycles. The Hall–Kier alpha value is -2.01. The zero-order chi connectivity index (χ0) is 23.5. The van der Waals surface area contributed by atoms with Crippen LogP contribution in [0, 0.1) is 28.6 Å². The summed E-state index contributed by atoms with van der Waals surface area (Å²) in [4.78, 5) is 36.7. The van der Waals surface area contributed by atoms with Gasteiger partial charge in [-0.25, -0.2) is 0 Å². The molecule has 0 aromatic rings. The molecule has 0 bridgehead atoms. The summed E-state index contributed by atoms with van der Waals surface area (Å²) in [6, 6.07) is 0. The van der Waals surface area contributed by atoms with E-state index in [1.165, 1.54) is 11.1 Å². The molecule has 0 aromatic carbocycles. The van der Waals surface area contributed by atoms with Crippen molar-refractivity contribution in [3.05, 3.63) is 35.5 Å². The summed E-state index contributed by atoms with van der Waals surface area (Å²) in [5.41, 5.74) is 7.86. The number of ketones is 2. The number of nitrogens with two attached hydrogens (primary N) is 1. The molecule has 2 fully saturated rings. The monoisotopic (exact) mass is 441 g/mol. The number of allylic oxidation sites excluding steroid dienone is 6. The Morgan fingerprint density at radius 1 is 1.19 bits per heavy atom. The smallest absolute Gasteiger partial charge is 0.306 e. The van der Waals surface area contributed by atoms with E-state index in [0.29, 0.717) is 24.8 Å². The van der Waals surface area contributed by atoms with Crippen molar-refractivity contribution >= 4 is 17.5 Å². The summed E-state index contributed by atoms with van der Waals surface area (Å²) in [6.45, 7) is 8.82. The van der Waals surface area contributed by atoms with Crippen molar-refractivity contribution in [3.8, 4) is 0 Å². The van der Waals surface area contributed by atoms with Gasteiger partial charge in [-0.05, 0) is 81.4 Å². The van der Waals surface area contributed by atoms with Gasteiger partial charge in [-0.1, -0.05) is 44.1 Å². The fourth-order valence-electron chi connectivity index (χ4n) is 6.62. The minimum atomic E-state index is -0.336.